The first-order valence-electron chi connectivity index (χ1n) is 4.52. The van der Waals surface area contributed by atoms with Crippen LogP contribution in [0.5, 0.6) is 0 Å². The largest absolute Gasteiger partial charge is 0.392 e. The Morgan fingerprint density at radius 3 is 2.58 bits per heavy atom. The minimum Gasteiger partial charge on any atom is -0.392 e. The lowest BCUT2D eigenvalue weighted by atomic mass is 9.96. The zero-order chi connectivity index (χ0) is 8.39. The third-order valence-corrected chi connectivity index (χ3v) is 2.65. The van der Waals surface area contributed by atoms with Crippen molar-refractivity contribution in [3.8, 4) is 0 Å². The fourth-order valence-corrected chi connectivity index (χ4v) is 1.98. The van der Waals surface area contributed by atoms with E-state index in [2.05, 4.69) is 18.2 Å². The first-order chi connectivity index (χ1) is 5.88. The minimum atomic E-state index is -0.118. The van der Waals surface area contributed by atoms with Crippen molar-refractivity contribution in [2.45, 2.75) is 31.3 Å². The van der Waals surface area contributed by atoms with Crippen LogP contribution in [0.2, 0.25) is 0 Å². The van der Waals surface area contributed by atoms with Crippen LogP contribution in [0.4, 0.5) is 0 Å². The lowest BCUT2D eigenvalue weighted by Gasteiger charge is -2.13. The molecule has 1 aromatic carbocycles. The van der Waals surface area contributed by atoms with Crippen LogP contribution in [-0.2, 0) is 0 Å². The van der Waals surface area contributed by atoms with Crippen molar-refractivity contribution in [1.29, 1.82) is 0 Å². The topological polar surface area (TPSA) is 20.2 Å². The Morgan fingerprint density at radius 2 is 2.00 bits per heavy atom. The fourth-order valence-electron chi connectivity index (χ4n) is 1.98. The number of benzene rings is 1. The molecule has 2 atom stereocenters. The maximum Gasteiger partial charge on any atom is 0.0608 e. The van der Waals surface area contributed by atoms with Gasteiger partial charge in [0.25, 0.3) is 0 Å². The smallest absolute Gasteiger partial charge is 0.0608 e. The van der Waals surface area contributed by atoms with E-state index in [9.17, 15) is 5.11 Å². The van der Waals surface area contributed by atoms with Crippen molar-refractivity contribution < 1.29 is 5.11 Å². The summed E-state index contributed by atoms with van der Waals surface area (Å²) in [4.78, 5) is 0. The normalized spacial score (nSPS) is 29.1. The molecule has 1 radical (unpaired) electrons. The van der Waals surface area contributed by atoms with E-state index >= 15 is 0 Å². The Balaban J connectivity index is 2.19. The van der Waals surface area contributed by atoms with Gasteiger partial charge in [-0.15, -0.1) is 0 Å². The summed E-state index contributed by atoms with van der Waals surface area (Å²) in [5.41, 5.74) is 1.26. The molecule has 0 heterocycles. The number of hydrogen-bond acceptors (Lipinski definition) is 1. The number of aliphatic hydroxyl groups excluding tert-OH is 1. The molecule has 1 N–H and O–H groups in total. The van der Waals surface area contributed by atoms with Crippen LogP contribution in [0.25, 0.3) is 0 Å². The monoisotopic (exact) mass is 161 g/mol. The zero-order valence-corrected chi connectivity index (χ0v) is 7.03. The predicted octanol–water partition coefficient (Wildman–Crippen LogP) is 2.12. The van der Waals surface area contributed by atoms with E-state index in [4.69, 9.17) is 0 Å². The van der Waals surface area contributed by atoms with Crippen LogP contribution in [0.1, 0.15) is 30.7 Å². The molecule has 1 aromatic rings. The molecular weight excluding hydrogens is 148 g/mol. The standard InChI is InChI=1S/C11H13O/c12-11-8-4-7-10(11)9-5-2-1-3-6-9/h2-3,5-6,10-12H,4,7-8H2. The summed E-state index contributed by atoms with van der Waals surface area (Å²) >= 11 is 0. The molecule has 0 aromatic heterocycles. The van der Waals surface area contributed by atoms with E-state index < -0.39 is 0 Å². The van der Waals surface area contributed by atoms with Crippen LogP contribution >= 0.6 is 0 Å². The summed E-state index contributed by atoms with van der Waals surface area (Å²) in [6, 6.07) is 10.9. The van der Waals surface area contributed by atoms with Gasteiger partial charge in [0.2, 0.25) is 0 Å². The summed E-state index contributed by atoms with van der Waals surface area (Å²) in [5, 5.41) is 9.63. The fraction of sp³-hybridized carbons (Fsp3) is 0.455. The molecule has 1 aliphatic carbocycles. The average molecular weight is 161 g/mol. The highest BCUT2D eigenvalue weighted by molar-refractivity contribution is 5.21. The van der Waals surface area contributed by atoms with Gasteiger partial charge in [-0.3, -0.25) is 0 Å². The van der Waals surface area contributed by atoms with Gasteiger partial charge in [0.15, 0.2) is 0 Å². The molecule has 0 spiro atoms. The Bertz CT molecular complexity index is 242. The quantitative estimate of drug-likeness (QED) is 0.669. The van der Waals surface area contributed by atoms with Gasteiger partial charge in [-0.1, -0.05) is 30.7 Å². The van der Waals surface area contributed by atoms with Crippen LogP contribution in [0.15, 0.2) is 24.3 Å². The Morgan fingerprint density at radius 1 is 1.25 bits per heavy atom. The molecule has 63 valence electrons. The molecule has 0 bridgehead atoms. The summed E-state index contributed by atoms with van der Waals surface area (Å²) in [6.07, 6.45) is 3.13. The molecule has 1 heteroatoms. The lowest BCUT2D eigenvalue weighted by Crippen LogP contribution is -2.10. The highest BCUT2D eigenvalue weighted by atomic mass is 16.3. The molecule has 1 saturated carbocycles. The summed E-state index contributed by atoms with van der Waals surface area (Å²) in [7, 11) is 0. The molecule has 12 heavy (non-hydrogen) atoms. The van der Waals surface area contributed by atoms with E-state index in [0.29, 0.717) is 5.92 Å². The van der Waals surface area contributed by atoms with E-state index in [1.54, 1.807) is 0 Å². The Kier molecular flexibility index (Phi) is 2.13. The molecule has 1 aliphatic rings. The SMILES string of the molecule is OC1CCCC1c1cc[c]cc1. The van der Waals surface area contributed by atoms with Crippen molar-refractivity contribution in [2.75, 3.05) is 0 Å². The molecule has 1 nitrogen and oxygen atoms in total. The molecular formula is C11H13O. The van der Waals surface area contributed by atoms with E-state index in [1.165, 1.54) is 5.56 Å². The molecule has 2 unspecified atom stereocenters. The van der Waals surface area contributed by atoms with Crippen molar-refractivity contribution in [3.63, 3.8) is 0 Å². The van der Waals surface area contributed by atoms with Gasteiger partial charge in [0, 0.05) is 5.92 Å². The second-order valence-electron chi connectivity index (χ2n) is 3.44. The van der Waals surface area contributed by atoms with Crippen molar-refractivity contribution in [2.24, 2.45) is 0 Å². The maximum atomic E-state index is 9.63. The van der Waals surface area contributed by atoms with Gasteiger partial charge in [-0.2, -0.15) is 0 Å². The van der Waals surface area contributed by atoms with Gasteiger partial charge in [-0.25, -0.2) is 0 Å². The molecule has 0 saturated heterocycles. The first kappa shape index (κ1) is 7.81. The minimum absolute atomic E-state index is 0.118. The maximum absolute atomic E-state index is 9.63. The van der Waals surface area contributed by atoms with Gasteiger partial charge in [0.1, 0.15) is 0 Å². The zero-order valence-electron chi connectivity index (χ0n) is 7.03. The van der Waals surface area contributed by atoms with E-state index in [1.807, 2.05) is 12.1 Å². The third-order valence-electron chi connectivity index (χ3n) is 2.65. The van der Waals surface area contributed by atoms with Crippen LogP contribution in [-0.4, -0.2) is 11.2 Å². The summed E-state index contributed by atoms with van der Waals surface area (Å²) < 4.78 is 0. The van der Waals surface area contributed by atoms with E-state index in [-0.39, 0.29) is 6.10 Å². The molecule has 0 amide bonds. The predicted molar refractivity (Wildman–Crippen MR) is 47.9 cm³/mol. The van der Waals surface area contributed by atoms with Gasteiger partial charge < -0.3 is 5.11 Å². The average Bonchev–Trinajstić information content (AvgIpc) is 2.53. The second kappa shape index (κ2) is 3.28. The van der Waals surface area contributed by atoms with Crippen molar-refractivity contribution in [1.82, 2.24) is 0 Å². The highest BCUT2D eigenvalue weighted by Gasteiger charge is 2.25. The third kappa shape index (κ3) is 1.37. The molecule has 1 fully saturated rings. The van der Waals surface area contributed by atoms with Crippen LogP contribution in [0.3, 0.4) is 0 Å². The summed E-state index contributed by atoms with van der Waals surface area (Å²) in [5.74, 6) is 0.375. The van der Waals surface area contributed by atoms with Crippen LogP contribution in [0, 0.1) is 6.07 Å². The second-order valence-corrected chi connectivity index (χ2v) is 3.44. The van der Waals surface area contributed by atoms with Gasteiger partial charge >= 0.3 is 0 Å². The molecule has 0 aliphatic heterocycles. The number of hydrogen-bond donors (Lipinski definition) is 1. The lowest BCUT2D eigenvalue weighted by molar-refractivity contribution is 0.164. The molecule has 2 rings (SSSR count). The van der Waals surface area contributed by atoms with Crippen molar-refractivity contribution in [3.05, 3.63) is 35.9 Å². The summed E-state index contributed by atoms with van der Waals surface area (Å²) in [6.45, 7) is 0. The van der Waals surface area contributed by atoms with Gasteiger partial charge in [0.05, 0.1) is 6.10 Å². The number of rotatable bonds is 1. The highest BCUT2D eigenvalue weighted by Crippen LogP contribution is 2.33. The first-order valence-corrected chi connectivity index (χ1v) is 4.52. The Hall–Kier alpha value is -0.820. The van der Waals surface area contributed by atoms with Crippen LogP contribution < -0.4 is 0 Å². The van der Waals surface area contributed by atoms with Gasteiger partial charge in [-0.05, 0) is 24.5 Å². The number of aliphatic hydroxyl groups is 1. The van der Waals surface area contributed by atoms with E-state index in [0.717, 1.165) is 19.3 Å². The van der Waals surface area contributed by atoms with Crippen molar-refractivity contribution >= 4 is 0 Å². The Labute approximate surface area is 73.0 Å².